The first-order valence-electron chi connectivity index (χ1n) is 4.86. The molecule has 0 amide bonds. The summed E-state index contributed by atoms with van der Waals surface area (Å²) in [6.45, 7) is 6.51. The van der Waals surface area contributed by atoms with E-state index in [1.54, 1.807) is 0 Å². The third-order valence-electron chi connectivity index (χ3n) is 2.51. The monoisotopic (exact) mass is 207 g/mol. The van der Waals surface area contributed by atoms with E-state index in [0.717, 1.165) is 5.02 Å². The highest BCUT2D eigenvalue weighted by molar-refractivity contribution is 6.31. The van der Waals surface area contributed by atoms with E-state index in [0.29, 0.717) is 6.04 Å². The summed E-state index contributed by atoms with van der Waals surface area (Å²) in [7, 11) is 0. The van der Waals surface area contributed by atoms with Crippen LogP contribution in [0.2, 0.25) is 5.02 Å². The summed E-state index contributed by atoms with van der Waals surface area (Å²) < 4.78 is 2.31. The van der Waals surface area contributed by atoms with Crippen LogP contribution in [0.1, 0.15) is 25.6 Å². The van der Waals surface area contributed by atoms with Gasteiger partial charge in [-0.2, -0.15) is 0 Å². The average molecular weight is 208 g/mol. The highest BCUT2D eigenvalue weighted by atomic mass is 35.5. The van der Waals surface area contributed by atoms with Crippen molar-refractivity contribution in [2.45, 2.75) is 26.8 Å². The number of hydrogen-bond donors (Lipinski definition) is 0. The second-order valence-corrected chi connectivity index (χ2v) is 4.39. The Morgan fingerprint density at radius 2 is 1.93 bits per heavy atom. The molecule has 0 unspecified atom stereocenters. The molecule has 2 aromatic rings. The molecule has 14 heavy (non-hydrogen) atoms. The largest absolute Gasteiger partial charge is 0.342 e. The number of benzene rings is 1. The average Bonchev–Trinajstić information content (AvgIpc) is 2.40. The Labute approximate surface area is 89.3 Å². The molecule has 0 aliphatic carbocycles. The van der Waals surface area contributed by atoms with Crippen molar-refractivity contribution < 1.29 is 0 Å². The lowest BCUT2D eigenvalue weighted by Crippen LogP contribution is -2.01. The molecule has 1 heterocycles. The molecule has 2 rings (SSSR count). The first kappa shape index (κ1) is 9.60. The number of aryl methyl sites for hydroxylation is 1. The molecule has 2 heteroatoms. The Balaban J connectivity index is 2.79. The van der Waals surface area contributed by atoms with Crippen LogP contribution in [0.25, 0.3) is 10.9 Å². The van der Waals surface area contributed by atoms with Crippen LogP contribution in [-0.2, 0) is 0 Å². The highest BCUT2D eigenvalue weighted by Gasteiger charge is 2.08. The Bertz CT molecular complexity index is 468. The fourth-order valence-electron chi connectivity index (χ4n) is 2.02. The van der Waals surface area contributed by atoms with Crippen LogP contribution >= 0.6 is 11.6 Å². The maximum Gasteiger partial charge on any atom is 0.0499 e. The summed E-state index contributed by atoms with van der Waals surface area (Å²) >= 11 is 5.99. The molecule has 74 valence electrons. The molecule has 1 nitrogen and oxygen atoms in total. The van der Waals surface area contributed by atoms with Crippen LogP contribution in [-0.4, -0.2) is 4.57 Å². The zero-order valence-corrected chi connectivity index (χ0v) is 9.47. The molecule has 0 spiro atoms. The quantitative estimate of drug-likeness (QED) is 0.661. The van der Waals surface area contributed by atoms with E-state index in [1.165, 1.54) is 16.6 Å². The maximum absolute atomic E-state index is 5.99. The summed E-state index contributed by atoms with van der Waals surface area (Å²) in [5.41, 5.74) is 2.52. The van der Waals surface area contributed by atoms with E-state index in [9.17, 15) is 0 Å². The lowest BCUT2D eigenvalue weighted by atomic mass is 10.2. The third-order valence-corrected chi connectivity index (χ3v) is 2.75. The smallest absolute Gasteiger partial charge is 0.0499 e. The fraction of sp³-hybridized carbons (Fsp3) is 0.333. The predicted octanol–water partition coefficient (Wildman–Crippen LogP) is 4.18. The van der Waals surface area contributed by atoms with Gasteiger partial charge in [0.25, 0.3) is 0 Å². The Morgan fingerprint density at radius 1 is 1.21 bits per heavy atom. The molecule has 1 aromatic carbocycles. The SMILES string of the molecule is Cc1cc2ccc(Cl)cc2n1C(C)C. The zero-order valence-electron chi connectivity index (χ0n) is 8.71. The number of nitrogens with zero attached hydrogens (tertiary/aromatic N) is 1. The normalized spacial score (nSPS) is 11.5. The molecule has 0 aliphatic rings. The van der Waals surface area contributed by atoms with Crippen molar-refractivity contribution in [2.24, 2.45) is 0 Å². The number of rotatable bonds is 1. The second-order valence-electron chi connectivity index (χ2n) is 3.95. The molecule has 0 radical (unpaired) electrons. The summed E-state index contributed by atoms with van der Waals surface area (Å²) in [5, 5.41) is 2.07. The molecular formula is C12H14ClN. The van der Waals surface area contributed by atoms with Gasteiger partial charge in [0.2, 0.25) is 0 Å². The predicted molar refractivity (Wildman–Crippen MR) is 62.1 cm³/mol. The van der Waals surface area contributed by atoms with Crippen LogP contribution in [0.3, 0.4) is 0 Å². The Kier molecular flexibility index (Phi) is 2.28. The van der Waals surface area contributed by atoms with Crippen LogP contribution in [0.15, 0.2) is 24.3 Å². The van der Waals surface area contributed by atoms with Gasteiger partial charge in [0, 0.05) is 22.3 Å². The first-order chi connectivity index (χ1) is 6.59. The molecule has 0 saturated heterocycles. The molecule has 0 fully saturated rings. The minimum Gasteiger partial charge on any atom is -0.342 e. The summed E-state index contributed by atoms with van der Waals surface area (Å²) in [5.74, 6) is 0. The van der Waals surface area contributed by atoms with Crippen molar-refractivity contribution in [1.29, 1.82) is 0 Å². The lowest BCUT2D eigenvalue weighted by molar-refractivity contribution is 0.608. The van der Waals surface area contributed by atoms with Gasteiger partial charge in [-0.05, 0) is 44.4 Å². The van der Waals surface area contributed by atoms with Crippen molar-refractivity contribution in [1.82, 2.24) is 4.57 Å². The van der Waals surface area contributed by atoms with Crippen LogP contribution in [0, 0.1) is 6.92 Å². The van der Waals surface area contributed by atoms with Crippen molar-refractivity contribution in [3.63, 3.8) is 0 Å². The van der Waals surface area contributed by atoms with Crippen molar-refractivity contribution >= 4 is 22.5 Å². The second kappa shape index (κ2) is 3.32. The summed E-state index contributed by atoms with van der Waals surface area (Å²) in [6.07, 6.45) is 0. The van der Waals surface area contributed by atoms with Crippen molar-refractivity contribution in [2.75, 3.05) is 0 Å². The van der Waals surface area contributed by atoms with Gasteiger partial charge in [-0.3, -0.25) is 0 Å². The van der Waals surface area contributed by atoms with E-state index >= 15 is 0 Å². The molecular weight excluding hydrogens is 194 g/mol. The maximum atomic E-state index is 5.99. The van der Waals surface area contributed by atoms with Crippen LogP contribution < -0.4 is 0 Å². The molecule has 0 atom stereocenters. The number of hydrogen-bond acceptors (Lipinski definition) is 0. The van der Waals surface area contributed by atoms with Crippen LogP contribution in [0.5, 0.6) is 0 Å². The number of aromatic nitrogens is 1. The van der Waals surface area contributed by atoms with Gasteiger partial charge in [0.1, 0.15) is 0 Å². The topological polar surface area (TPSA) is 4.93 Å². The van der Waals surface area contributed by atoms with Gasteiger partial charge >= 0.3 is 0 Å². The lowest BCUT2D eigenvalue weighted by Gasteiger charge is -2.12. The van der Waals surface area contributed by atoms with Gasteiger partial charge in [-0.15, -0.1) is 0 Å². The van der Waals surface area contributed by atoms with Gasteiger partial charge in [-0.25, -0.2) is 0 Å². The molecule has 0 N–H and O–H groups in total. The minimum absolute atomic E-state index is 0.478. The van der Waals surface area contributed by atoms with Crippen molar-refractivity contribution in [3.05, 3.63) is 35.0 Å². The molecule has 1 aromatic heterocycles. The third kappa shape index (κ3) is 1.42. The van der Waals surface area contributed by atoms with E-state index in [1.807, 2.05) is 12.1 Å². The van der Waals surface area contributed by atoms with E-state index in [2.05, 4.69) is 37.5 Å². The first-order valence-corrected chi connectivity index (χ1v) is 5.24. The number of fused-ring (bicyclic) bond motifs is 1. The zero-order chi connectivity index (χ0) is 10.3. The summed E-state index contributed by atoms with van der Waals surface area (Å²) in [6, 6.07) is 8.72. The fourth-order valence-corrected chi connectivity index (χ4v) is 2.18. The highest BCUT2D eigenvalue weighted by Crippen LogP contribution is 2.26. The van der Waals surface area contributed by atoms with E-state index < -0.39 is 0 Å². The van der Waals surface area contributed by atoms with Gasteiger partial charge < -0.3 is 4.57 Å². The van der Waals surface area contributed by atoms with E-state index in [4.69, 9.17) is 11.6 Å². The van der Waals surface area contributed by atoms with Crippen molar-refractivity contribution in [3.8, 4) is 0 Å². The van der Waals surface area contributed by atoms with Gasteiger partial charge in [0.15, 0.2) is 0 Å². The van der Waals surface area contributed by atoms with Gasteiger partial charge in [0.05, 0.1) is 0 Å². The molecule has 0 aliphatic heterocycles. The van der Waals surface area contributed by atoms with E-state index in [-0.39, 0.29) is 0 Å². The van der Waals surface area contributed by atoms with Gasteiger partial charge in [-0.1, -0.05) is 17.7 Å². The Hall–Kier alpha value is -0.950. The Morgan fingerprint density at radius 3 is 2.57 bits per heavy atom. The number of halogens is 1. The standard InChI is InChI=1S/C12H14ClN/c1-8(2)14-9(3)6-10-4-5-11(13)7-12(10)14/h4-8H,1-3H3. The minimum atomic E-state index is 0.478. The molecule has 0 saturated carbocycles. The molecule has 0 bridgehead atoms. The summed E-state index contributed by atoms with van der Waals surface area (Å²) in [4.78, 5) is 0. The van der Waals surface area contributed by atoms with Crippen LogP contribution in [0.4, 0.5) is 0 Å².